The molecule has 70 valence electrons. The Labute approximate surface area is 71.8 Å². The molecule has 0 spiro atoms. The quantitative estimate of drug-likeness (QED) is 0.539. The SMILES string of the molecule is CC1(C)O[C@@H]2CS(=O)(=O)C[C@H]2O1. The number of ether oxygens (including phenoxy) is 2. The smallest absolute Gasteiger partial charge is 0.163 e. The van der Waals surface area contributed by atoms with Crippen molar-refractivity contribution >= 4 is 9.84 Å². The highest BCUT2D eigenvalue weighted by molar-refractivity contribution is 7.91. The Morgan fingerprint density at radius 2 is 1.58 bits per heavy atom. The first kappa shape index (κ1) is 8.47. The van der Waals surface area contributed by atoms with Crippen molar-refractivity contribution in [3.63, 3.8) is 0 Å². The van der Waals surface area contributed by atoms with Crippen LogP contribution in [0.15, 0.2) is 0 Å². The molecule has 2 saturated heterocycles. The number of fused-ring (bicyclic) bond motifs is 1. The maximum Gasteiger partial charge on any atom is 0.163 e. The van der Waals surface area contributed by atoms with Crippen LogP contribution in [-0.2, 0) is 19.3 Å². The molecule has 0 saturated carbocycles. The summed E-state index contributed by atoms with van der Waals surface area (Å²) in [5, 5.41) is 0. The van der Waals surface area contributed by atoms with Crippen molar-refractivity contribution < 1.29 is 17.9 Å². The molecule has 2 rings (SSSR count). The predicted molar refractivity (Wildman–Crippen MR) is 42.5 cm³/mol. The largest absolute Gasteiger partial charge is 0.343 e. The van der Waals surface area contributed by atoms with Crippen LogP contribution < -0.4 is 0 Å². The lowest BCUT2D eigenvalue weighted by atomic mass is 10.3. The van der Waals surface area contributed by atoms with Gasteiger partial charge in [0, 0.05) is 0 Å². The van der Waals surface area contributed by atoms with Crippen LogP contribution in [0.1, 0.15) is 13.8 Å². The Kier molecular flexibility index (Phi) is 1.56. The fourth-order valence-electron chi connectivity index (χ4n) is 1.76. The van der Waals surface area contributed by atoms with E-state index in [0.717, 1.165) is 0 Å². The summed E-state index contributed by atoms with van der Waals surface area (Å²) in [6.07, 6.45) is -0.491. The first-order chi connectivity index (χ1) is 5.38. The fraction of sp³-hybridized carbons (Fsp3) is 1.00. The summed E-state index contributed by atoms with van der Waals surface area (Å²) in [6.45, 7) is 3.61. The number of hydrogen-bond donors (Lipinski definition) is 0. The van der Waals surface area contributed by atoms with Gasteiger partial charge in [-0.15, -0.1) is 0 Å². The van der Waals surface area contributed by atoms with Gasteiger partial charge in [0.1, 0.15) is 12.2 Å². The topological polar surface area (TPSA) is 52.6 Å². The van der Waals surface area contributed by atoms with Crippen LogP contribution >= 0.6 is 0 Å². The molecule has 0 aromatic rings. The summed E-state index contributed by atoms with van der Waals surface area (Å²) >= 11 is 0. The van der Waals surface area contributed by atoms with E-state index < -0.39 is 15.6 Å². The molecule has 0 aromatic heterocycles. The zero-order valence-corrected chi connectivity index (χ0v) is 7.93. The second-order valence-electron chi connectivity index (χ2n) is 3.79. The minimum absolute atomic E-state index is 0.112. The van der Waals surface area contributed by atoms with E-state index in [2.05, 4.69) is 0 Å². The molecule has 2 atom stereocenters. The van der Waals surface area contributed by atoms with E-state index in [4.69, 9.17) is 9.47 Å². The van der Waals surface area contributed by atoms with Gasteiger partial charge in [0.2, 0.25) is 0 Å². The average molecular weight is 192 g/mol. The van der Waals surface area contributed by atoms with Crippen LogP contribution in [0.5, 0.6) is 0 Å². The zero-order chi connectivity index (χ0) is 8.98. The van der Waals surface area contributed by atoms with Gasteiger partial charge in [-0.3, -0.25) is 0 Å². The maximum absolute atomic E-state index is 11.1. The normalized spacial score (nSPS) is 42.8. The van der Waals surface area contributed by atoms with Crippen molar-refractivity contribution in [2.24, 2.45) is 0 Å². The molecule has 0 bridgehead atoms. The Morgan fingerprint density at radius 1 is 1.17 bits per heavy atom. The second kappa shape index (κ2) is 2.21. The van der Waals surface area contributed by atoms with Gasteiger partial charge in [0.05, 0.1) is 11.5 Å². The lowest BCUT2D eigenvalue weighted by molar-refractivity contribution is -0.143. The van der Waals surface area contributed by atoms with Gasteiger partial charge < -0.3 is 9.47 Å². The molecule has 0 amide bonds. The van der Waals surface area contributed by atoms with Gasteiger partial charge in [-0.25, -0.2) is 8.42 Å². The van der Waals surface area contributed by atoms with Crippen LogP contribution in [0.4, 0.5) is 0 Å². The molecule has 4 nitrogen and oxygen atoms in total. The Balaban J connectivity index is 2.17. The van der Waals surface area contributed by atoms with Crippen molar-refractivity contribution in [3.8, 4) is 0 Å². The van der Waals surface area contributed by atoms with E-state index in [0.29, 0.717) is 0 Å². The van der Waals surface area contributed by atoms with Gasteiger partial charge in [-0.05, 0) is 13.8 Å². The summed E-state index contributed by atoms with van der Waals surface area (Å²) in [4.78, 5) is 0. The van der Waals surface area contributed by atoms with Crippen molar-refractivity contribution in [3.05, 3.63) is 0 Å². The Bertz CT molecular complexity index is 271. The monoisotopic (exact) mass is 192 g/mol. The van der Waals surface area contributed by atoms with Crippen LogP contribution in [-0.4, -0.2) is 37.9 Å². The third-order valence-electron chi connectivity index (χ3n) is 2.12. The van der Waals surface area contributed by atoms with E-state index in [1.165, 1.54) is 0 Å². The Morgan fingerprint density at radius 3 is 2.00 bits per heavy atom. The van der Waals surface area contributed by atoms with Gasteiger partial charge in [-0.2, -0.15) is 0 Å². The summed E-state index contributed by atoms with van der Waals surface area (Å²) in [5.41, 5.74) is 0. The van der Waals surface area contributed by atoms with Gasteiger partial charge in [-0.1, -0.05) is 0 Å². The van der Waals surface area contributed by atoms with Crippen molar-refractivity contribution in [1.82, 2.24) is 0 Å². The maximum atomic E-state index is 11.1. The first-order valence-corrected chi connectivity index (χ1v) is 5.76. The van der Waals surface area contributed by atoms with Crippen LogP contribution in [0.2, 0.25) is 0 Å². The summed E-state index contributed by atoms with van der Waals surface area (Å²) in [7, 11) is -2.91. The van der Waals surface area contributed by atoms with Crippen LogP contribution in [0.3, 0.4) is 0 Å². The summed E-state index contributed by atoms with van der Waals surface area (Å²) in [5.74, 6) is -0.381. The molecule has 2 aliphatic rings. The molecule has 0 N–H and O–H groups in total. The molecule has 0 unspecified atom stereocenters. The molecule has 2 heterocycles. The molecular weight excluding hydrogens is 180 g/mol. The number of rotatable bonds is 0. The second-order valence-corrected chi connectivity index (χ2v) is 5.94. The highest BCUT2D eigenvalue weighted by Crippen LogP contribution is 2.33. The lowest BCUT2D eigenvalue weighted by Gasteiger charge is -2.17. The molecule has 2 aliphatic heterocycles. The van der Waals surface area contributed by atoms with Crippen molar-refractivity contribution in [2.75, 3.05) is 11.5 Å². The first-order valence-electron chi connectivity index (χ1n) is 3.94. The van der Waals surface area contributed by atoms with E-state index in [-0.39, 0.29) is 23.7 Å². The predicted octanol–water partition coefficient (Wildman–Crippen LogP) is -0.0651. The van der Waals surface area contributed by atoms with E-state index >= 15 is 0 Å². The molecule has 0 radical (unpaired) electrons. The fourth-order valence-corrected chi connectivity index (χ4v) is 3.46. The average Bonchev–Trinajstić information content (AvgIpc) is 2.12. The van der Waals surface area contributed by atoms with Crippen molar-refractivity contribution in [2.45, 2.75) is 31.8 Å². The highest BCUT2D eigenvalue weighted by atomic mass is 32.2. The number of hydrogen-bond acceptors (Lipinski definition) is 4. The van der Waals surface area contributed by atoms with Crippen molar-refractivity contribution in [1.29, 1.82) is 0 Å². The van der Waals surface area contributed by atoms with Crippen LogP contribution in [0.25, 0.3) is 0 Å². The highest BCUT2D eigenvalue weighted by Gasteiger charge is 2.49. The molecule has 5 heteroatoms. The standard InChI is InChI=1S/C7H12O4S/c1-7(2)10-5-3-12(8,9)4-6(5)11-7/h5-6H,3-4H2,1-2H3/t5-,6-/m1/s1. The van der Waals surface area contributed by atoms with Gasteiger partial charge in [0.15, 0.2) is 15.6 Å². The molecule has 0 aromatic carbocycles. The summed E-state index contributed by atoms with van der Waals surface area (Å²) < 4.78 is 33.0. The van der Waals surface area contributed by atoms with Gasteiger partial charge in [0.25, 0.3) is 0 Å². The van der Waals surface area contributed by atoms with E-state index in [9.17, 15) is 8.42 Å². The molecule has 12 heavy (non-hydrogen) atoms. The lowest BCUT2D eigenvalue weighted by Crippen LogP contribution is -2.25. The molecular formula is C7H12O4S. The zero-order valence-electron chi connectivity index (χ0n) is 7.11. The Hall–Kier alpha value is -0.130. The summed E-state index contributed by atoms with van der Waals surface area (Å²) in [6, 6.07) is 0. The number of sulfone groups is 1. The third kappa shape index (κ3) is 1.36. The van der Waals surface area contributed by atoms with E-state index in [1.807, 2.05) is 0 Å². The third-order valence-corrected chi connectivity index (χ3v) is 3.79. The van der Waals surface area contributed by atoms with Crippen LogP contribution in [0, 0.1) is 0 Å². The molecule has 0 aliphatic carbocycles. The van der Waals surface area contributed by atoms with E-state index in [1.54, 1.807) is 13.8 Å². The minimum atomic E-state index is -2.91. The molecule has 2 fully saturated rings. The van der Waals surface area contributed by atoms with Gasteiger partial charge >= 0.3 is 0 Å². The minimum Gasteiger partial charge on any atom is -0.343 e.